The van der Waals surface area contributed by atoms with Crippen molar-refractivity contribution >= 4 is 7.92 Å². The summed E-state index contributed by atoms with van der Waals surface area (Å²) in [6.07, 6.45) is 24.8. The second-order valence-electron chi connectivity index (χ2n) is 10.9. The molecular formula is C27H41P. The van der Waals surface area contributed by atoms with Crippen molar-refractivity contribution in [2.24, 2.45) is 17.8 Å². The second-order valence-corrected chi connectivity index (χ2v) is 13.8. The molecule has 1 aromatic rings. The molecule has 0 spiro atoms. The summed E-state index contributed by atoms with van der Waals surface area (Å²) in [5.74, 6) is 3.26. The third-order valence-electron chi connectivity index (χ3n) is 9.15. The van der Waals surface area contributed by atoms with Crippen LogP contribution in [0.4, 0.5) is 0 Å². The summed E-state index contributed by atoms with van der Waals surface area (Å²) in [6, 6.07) is 11.7. The highest BCUT2D eigenvalue weighted by Gasteiger charge is 2.47. The van der Waals surface area contributed by atoms with Crippen LogP contribution in [0.2, 0.25) is 0 Å². The Kier molecular flexibility index (Phi) is 6.16. The van der Waals surface area contributed by atoms with Gasteiger partial charge in [-0.05, 0) is 98.1 Å². The lowest BCUT2D eigenvalue weighted by molar-refractivity contribution is 0.376. The van der Waals surface area contributed by atoms with Crippen LogP contribution in [-0.2, 0) is 6.16 Å². The van der Waals surface area contributed by atoms with Crippen molar-refractivity contribution < 1.29 is 0 Å². The zero-order chi connectivity index (χ0) is 18.8. The van der Waals surface area contributed by atoms with Gasteiger partial charge in [0.25, 0.3) is 0 Å². The number of fused-ring (bicyclic) bond motifs is 4. The molecule has 4 fully saturated rings. The molecule has 0 aliphatic heterocycles. The minimum absolute atomic E-state index is 0.116. The SMILES string of the molecule is c1ccc(CP(C2CCC3CCC(CC2)C3)C23CCCCCC(CC2)C3)cc1. The average Bonchev–Trinajstić information content (AvgIpc) is 3.34. The van der Waals surface area contributed by atoms with Crippen LogP contribution >= 0.6 is 7.92 Å². The number of hydrogen-bond donors (Lipinski definition) is 0. The van der Waals surface area contributed by atoms with E-state index in [-0.39, 0.29) is 7.92 Å². The van der Waals surface area contributed by atoms with Crippen LogP contribution < -0.4 is 0 Å². The summed E-state index contributed by atoms with van der Waals surface area (Å²) in [4.78, 5) is 0. The molecule has 4 aliphatic rings. The molecule has 1 heteroatoms. The third kappa shape index (κ3) is 4.24. The zero-order valence-electron chi connectivity index (χ0n) is 18.0. The van der Waals surface area contributed by atoms with Crippen molar-refractivity contribution in [3.8, 4) is 0 Å². The Bertz CT molecular complexity index is 610. The monoisotopic (exact) mass is 396 g/mol. The lowest BCUT2D eigenvalue weighted by Crippen LogP contribution is -2.31. The van der Waals surface area contributed by atoms with Crippen molar-refractivity contribution in [2.75, 3.05) is 0 Å². The van der Waals surface area contributed by atoms with E-state index < -0.39 is 0 Å². The Labute approximate surface area is 175 Å². The predicted octanol–water partition coefficient (Wildman–Crippen LogP) is 8.53. The fourth-order valence-corrected chi connectivity index (χ4v) is 11.9. The maximum atomic E-state index is 2.44. The Hall–Kier alpha value is -0.350. The van der Waals surface area contributed by atoms with E-state index in [0.717, 1.165) is 28.6 Å². The summed E-state index contributed by atoms with van der Waals surface area (Å²) in [6.45, 7) is 0. The molecule has 154 valence electrons. The van der Waals surface area contributed by atoms with Crippen LogP contribution in [0.5, 0.6) is 0 Å². The van der Waals surface area contributed by atoms with Crippen LogP contribution in [-0.4, -0.2) is 10.8 Å². The molecule has 1 aromatic carbocycles. The average molecular weight is 397 g/mol. The molecule has 0 heterocycles. The Morgan fingerprint density at radius 3 is 2.25 bits per heavy atom. The van der Waals surface area contributed by atoms with Crippen molar-refractivity contribution in [3.63, 3.8) is 0 Å². The molecule has 4 saturated carbocycles. The van der Waals surface area contributed by atoms with Gasteiger partial charge in [0.2, 0.25) is 0 Å². The fourth-order valence-electron chi connectivity index (χ4n) is 7.64. The van der Waals surface area contributed by atoms with E-state index in [1.165, 1.54) is 25.4 Å². The van der Waals surface area contributed by atoms with Crippen LogP contribution in [0.25, 0.3) is 0 Å². The minimum atomic E-state index is 0.116. The summed E-state index contributed by atoms with van der Waals surface area (Å²) in [5, 5.41) is 0.749. The van der Waals surface area contributed by atoms with Gasteiger partial charge < -0.3 is 0 Å². The van der Waals surface area contributed by atoms with E-state index in [9.17, 15) is 0 Å². The van der Waals surface area contributed by atoms with E-state index in [2.05, 4.69) is 30.3 Å². The van der Waals surface area contributed by atoms with Gasteiger partial charge >= 0.3 is 0 Å². The van der Waals surface area contributed by atoms with Gasteiger partial charge in [-0.25, -0.2) is 0 Å². The molecule has 0 radical (unpaired) electrons. The lowest BCUT2D eigenvalue weighted by Gasteiger charge is -2.45. The molecule has 0 nitrogen and oxygen atoms in total. The Balaban J connectivity index is 1.42. The van der Waals surface area contributed by atoms with Gasteiger partial charge in [0, 0.05) is 0 Å². The first-order valence-corrected chi connectivity index (χ1v) is 14.2. The highest BCUT2D eigenvalue weighted by Crippen LogP contribution is 2.68. The molecule has 0 amide bonds. The van der Waals surface area contributed by atoms with Crippen LogP contribution in [0.3, 0.4) is 0 Å². The van der Waals surface area contributed by atoms with Crippen molar-refractivity contribution in [3.05, 3.63) is 35.9 Å². The van der Waals surface area contributed by atoms with Gasteiger partial charge in [-0.3, -0.25) is 0 Å². The summed E-state index contributed by atoms with van der Waals surface area (Å²) >= 11 is 0. The fraction of sp³-hybridized carbons (Fsp3) is 0.778. The molecule has 28 heavy (non-hydrogen) atoms. The van der Waals surface area contributed by atoms with E-state index >= 15 is 0 Å². The molecule has 4 bridgehead atoms. The largest absolute Gasteiger partial charge is 0.0926 e. The van der Waals surface area contributed by atoms with Crippen molar-refractivity contribution in [1.82, 2.24) is 0 Å². The molecule has 0 N–H and O–H groups in total. The summed E-state index contributed by atoms with van der Waals surface area (Å²) < 4.78 is 0. The number of hydrogen-bond acceptors (Lipinski definition) is 0. The normalized spacial score (nSPS) is 39.6. The summed E-state index contributed by atoms with van der Waals surface area (Å²) in [7, 11) is 0.116. The van der Waals surface area contributed by atoms with Crippen molar-refractivity contribution in [1.29, 1.82) is 0 Å². The quantitative estimate of drug-likeness (QED) is 0.447. The van der Waals surface area contributed by atoms with Crippen LogP contribution in [0.1, 0.15) is 102 Å². The molecule has 5 rings (SSSR count). The molecule has 4 aliphatic carbocycles. The number of rotatable bonds is 4. The Morgan fingerprint density at radius 1 is 0.714 bits per heavy atom. The van der Waals surface area contributed by atoms with E-state index in [1.807, 2.05) is 0 Å². The Morgan fingerprint density at radius 2 is 1.46 bits per heavy atom. The highest BCUT2D eigenvalue weighted by molar-refractivity contribution is 7.59. The first-order valence-electron chi connectivity index (χ1n) is 12.6. The molecule has 0 saturated heterocycles. The first kappa shape index (κ1) is 19.6. The van der Waals surface area contributed by atoms with Crippen molar-refractivity contribution in [2.45, 2.75) is 113 Å². The topological polar surface area (TPSA) is 0 Å². The maximum absolute atomic E-state index is 2.44. The van der Waals surface area contributed by atoms with Gasteiger partial charge in [0.05, 0.1) is 0 Å². The highest BCUT2D eigenvalue weighted by atomic mass is 31.1. The minimum Gasteiger partial charge on any atom is -0.0926 e. The van der Waals surface area contributed by atoms with Gasteiger partial charge in [-0.15, -0.1) is 0 Å². The van der Waals surface area contributed by atoms with Gasteiger partial charge in [-0.2, -0.15) is 0 Å². The zero-order valence-corrected chi connectivity index (χ0v) is 18.9. The van der Waals surface area contributed by atoms with Gasteiger partial charge in [0.15, 0.2) is 0 Å². The van der Waals surface area contributed by atoms with Gasteiger partial charge in [0.1, 0.15) is 0 Å². The third-order valence-corrected chi connectivity index (χ3v) is 13.1. The first-order chi connectivity index (χ1) is 13.8. The summed E-state index contributed by atoms with van der Waals surface area (Å²) in [5.41, 5.74) is 2.72. The maximum Gasteiger partial charge on any atom is -0.00656 e. The van der Waals surface area contributed by atoms with E-state index in [1.54, 1.807) is 82.6 Å². The molecule has 5 unspecified atom stereocenters. The number of benzene rings is 1. The smallest absolute Gasteiger partial charge is 0.00656 e. The molecular weight excluding hydrogens is 355 g/mol. The van der Waals surface area contributed by atoms with Crippen LogP contribution in [0, 0.1) is 17.8 Å². The lowest BCUT2D eigenvalue weighted by atomic mass is 9.90. The van der Waals surface area contributed by atoms with Gasteiger partial charge in [-0.1, -0.05) is 76.8 Å². The standard InChI is InChI=1S/C27H41P/c1-3-8-25(9-4-1)21-28(26-14-12-22-10-11-23(19-22)13-15-26)27-17-6-2-5-7-24(20-27)16-18-27/h1,3-4,8-9,22-24,26H,2,5-7,10-21H2. The van der Waals surface area contributed by atoms with E-state index in [4.69, 9.17) is 0 Å². The molecule has 0 aromatic heterocycles. The predicted molar refractivity (Wildman–Crippen MR) is 123 cm³/mol. The molecule has 5 atom stereocenters. The van der Waals surface area contributed by atoms with E-state index in [0.29, 0.717) is 0 Å². The van der Waals surface area contributed by atoms with Crippen LogP contribution in [0.15, 0.2) is 30.3 Å². The second kappa shape index (κ2) is 8.79.